The normalized spacial score (nSPS) is 15.0. The van der Waals surface area contributed by atoms with Crippen LogP contribution in [0.2, 0.25) is 0 Å². The minimum Gasteiger partial charge on any atom is -0.497 e. The Balaban J connectivity index is 1.29. The molecule has 1 aromatic heterocycles. The first-order chi connectivity index (χ1) is 15.5. The molecule has 1 aliphatic rings. The molecular weight excluding hydrogens is 428 g/mol. The molecule has 0 unspecified atom stereocenters. The highest BCUT2D eigenvalue weighted by molar-refractivity contribution is 7.89. The quantitative estimate of drug-likeness (QED) is 0.547. The maximum Gasteiger partial charge on any atom is 0.243 e. The van der Waals surface area contributed by atoms with Crippen molar-refractivity contribution in [3.8, 4) is 17.1 Å². The number of hydrogen-bond donors (Lipinski definition) is 0. The summed E-state index contributed by atoms with van der Waals surface area (Å²) in [6, 6.07) is 20.0. The number of carbonyl (C=O) groups excluding carboxylic acids is 1. The van der Waals surface area contributed by atoms with Gasteiger partial charge < -0.3 is 14.1 Å². The maximum absolute atomic E-state index is 12.9. The van der Waals surface area contributed by atoms with Gasteiger partial charge >= 0.3 is 0 Å². The molecule has 2 aromatic carbocycles. The third-order valence-corrected chi connectivity index (χ3v) is 7.51. The van der Waals surface area contributed by atoms with Crippen molar-refractivity contribution in [1.29, 1.82) is 0 Å². The summed E-state index contributed by atoms with van der Waals surface area (Å²) in [5, 5.41) is 0. The Hall–Kier alpha value is -3.10. The lowest BCUT2D eigenvalue weighted by molar-refractivity contribution is -0.132. The molecule has 32 heavy (non-hydrogen) atoms. The largest absolute Gasteiger partial charge is 0.497 e. The number of hydrogen-bond acceptors (Lipinski definition) is 5. The van der Waals surface area contributed by atoms with E-state index in [2.05, 4.69) is 0 Å². The number of aryl methyl sites for hydroxylation is 1. The van der Waals surface area contributed by atoms with Gasteiger partial charge in [-0.15, -0.1) is 0 Å². The second-order valence-electron chi connectivity index (χ2n) is 7.59. The summed E-state index contributed by atoms with van der Waals surface area (Å²) in [5.74, 6) is 2.15. The maximum atomic E-state index is 12.9. The molecule has 2 heterocycles. The van der Waals surface area contributed by atoms with Gasteiger partial charge in [-0.1, -0.05) is 30.3 Å². The van der Waals surface area contributed by atoms with Gasteiger partial charge in [0.25, 0.3) is 0 Å². The zero-order chi connectivity index (χ0) is 22.6. The van der Waals surface area contributed by atoms with Gasteiger partial charge in [-0.3, -0.25) is 4.79 Å². The molecule has 1 saturated heterocycles. The Labute approximate surface area is 188 Å². The van der Waals surface area contributed by atoms with Crippen molar-refractivity contribution in [3.05, 3.63) is 72.5 Å². The Kier molecular flexibility index (Phi) is 6.62. The first-order valence-corrected chi connectivity index (χ1v) is 12.0. The molecule has 1 aliphatic heterocycles. The van der Waals surface area contributed by atoms with Crippen molar-refractivity contribution in [2.45, 2.75) is 17.7 Å². The van der Waals surface area contributed by atoms with E-state index in [-0.39, 0.29) is 23.9 Å². The van der Waals surface area contributed by atoms with E-state index in [9.17, 15) is 13.2 Å². The monoisotopic (exact) mass is 454 g/mol. The Morgan fingerprint density at radius 1 is 0.938 bits per heavy atom. The van der Waals surface area contributed by atoms with Crippen LogP contribution in [-0.4, -0.2) is 56.8 Å². The number of rotatable bonds is 7. The highest BCUT2D eigenvalue weighted by Crippen LogP contribution is 2.23. The van der Waals surface area contributed by atoms with Gasteiger partial charge in [-0.05, 0) is 36.4 Å². The highest BCUT2D eigenvalue weighted by Gasteiger charge is 2.30. The number of sulfonamides is 1. The van der Waals surface area contributed by atoms with Crippen LogP contribution in [0.3, 0.4) is 0 Å². The van der Waals surface area contributed by atoms with Crippen molar-refractivity contribution < 1.29 is 22.4 Å². The summed E-state index contributed by atoms with van der Waals surface area (Å²) >= 11 is 0. The number of ether oxygens (including phenoxy) is 1. The van der Waals surface area contributed by atoms with E-state index < -0.39 is 10.0 Å². The standard InChI is InChI=1S/C24H26N2O5S/c1-30-20-7-11-22(12-8-20)32(28,29)26-17-15-25(16-18-26)24(27)14-10-21-9-13-23(31-21)19-5-3-2-4-6-19/h2-9,11-13H,10,14-18H2,1H3. The molecule has 0 spiro atoms. The third kappa shape index (κ3) is 4.87. The molecule has 3 aromatic rings. The number of piperazine rings is 1. The Bertz CT molecular complexity index is 1150. The molecule has 0 aliphatic carbocycles. The smallest absolute Gasteiger partial charge is 0.243 e. The van der Waals surface area contributed by atoms with Crippen LogP contribution >= 0.6 is 0 Å². The summed E-state index contributed by atoms with van der Waals surface area (Å²) in [6.07, 6.45) is 0.836. The molecule has 1 fully saturated rings. The van der Waals surface area contributed by atoms with E-state index in [0.29, 0.717) is 31.7 Å². The van der Waals surface area contributed by atoms with Gasteiger partial charge in [0, 0.05) is 44.6 Å². The van der Waals surface area contributed by atoms with Crippen molar-refractivity contribution in [2.75, 3.05) is 33.3 Å². The summed E-state index contributed by atoms with van der Waals surface area (Å²) in [6.45, 7) is 1.31. The van der Waals surface area contributed by atoms with Crippen LogP contribution in [0.5, 0.6) is 5.75 Å². The SMILES string of the molecule is COc1ccc(S(=O)(=O)N2CCN(C(=O)CCc3ccc(-c4ccccc4)o3)CC2)cc1. The third-order valence-electron chi connectivity index (χ3n) is 5.59. The minimum absolute atomic E-state index is 0.00385. The van der Waals surface area contributed by atoms with Crippen LogP contribution in [0.15, 0.2) is 76.0 Å². The van der Waals surface area contributed by atoms with Gasteiger partial charge in [0.1, 0.15) is 17.3 Å². The zero-order valence-electron chi connectivity index (χ0n) is 17.9. The topological polar surface area (TPSA) is 80.1 Å². The highest BCUT2D eigenvalue weighted by atomic mass is 32.2. The molecule has 0 saturated carbocycles. The molecule has 4 rings (SSSR count). The van der Waals surface area contributed by atoms with Crippen molar-refractivity contribution in [1.82, 2.24) is 9.21 Å². The lowest BCUT2D eigenvalue weighted by Crippen LogP contribution is -2.50. The van der Waals surface area contributed by atoms with E-state index in [0.717, 1.165) is 17.1 Å². The summed E-state index contributed by atoms with van der Waals surface area (Å²) < 4.78 is 38.1. The fraction of sp³-hybridized carbons (Fsp3) is 0.292. The fourth-order valence-corrected chi connectivity index (χ4v) is 5.15. The van der Waals surface area contributed by atoms with Crippen LogP contribution in [0, 0.1) is 0 Å². The number of benzene rings is 2. The van der Waals surface area contributed by atoms with E-state index in [1.165, 1.54) is 11.4 Å². The number of carbonyl (C=O) groups is 1. The predicted octanol–water partition coefficient (Wildman–Crippen LogP) is 3.42. The molecule has 0 bridgehead atoms. The number of furan rings is 1. The number of methoxy groups -OCH3 is 1. The molecule has 7 nitrogen and oxygen atoms in total. The molecule has 0 N–H and O–H groups in total. The van der Waals surface area contributed by atoms with Gasteiger partial charge in [-0.25, -0.2) is 8.42 Å². The second kappa shape index (κ2) is 9.58. The number of nitrogens with zero attached hydrogens (tertiary/aromatic N) is 2. The zero-order valence-corrected chi connectivity index (χ0v) is 18.8. The summed E-state index contributed by atoms with van der Waals surface area (Å²) in [7, 11) is -2.05. The van der Waals surface area contributed by atoms with Crippen molar-refractivity contribution in [2.24, 2.45) is 0 Å². The minimum atomic E-state index is -3.59. The van der Waals surface area contributed by atoms with E-state index in [1.54, 1.807) is 29.2 Å². The lowest BCUT2D eigenvalue weighted by atomic mass is 10.2. The molecule has 0 radical (unpaired) electrons. The van der Waals surface area contributed by atoms with Gasteiger partial charge in [0.05, 0.1) is 12.0 Å². The summed E-state index contributed by atoms with van der Waals surface area (Å²) in [4.78, 5) is 14.6. The molecular formula is C24H26N2O5S. The molecule has 1 amide bonds. The van der Waals surface area contributed by atoms with E-state index in [4.69, 9.17) is 9.15 Å². The average molecular weight is 455 g/mol. The van der Waals surface area contributed by atoms with Gasteiger partial charge in [0.2, 0.25) is 15.9 Å². The van der Waals surface area contributed by atoms with Crippen molar-refractivity contribution in [3.63, 3.8) is 0 Å². The molecule has 168 valence electrons. The van der Waals surface area contributed by atoms with Crippen LogP contribution < -0.4 is 4.74 Å². The first-order valence-electron chi connectivity index (χ1n) is 10.5. The van der Waals surface area contributed by atoms with Crippen LogP contribution in [0.4, 0.5) is 0 Å². The van der Waals surface area contributed by atoms with Gasteiger partial charge in [0.15, 0.2) is 0 Å². The number of amides is 1. The fourth-order valence-electron chi connectivity index (χ4n) is 3.73. The van der Waals surface area contributed by atoms with E-state index in [1.807, 2.05) is 42.5 Å². The van der Waals surface area contributed by atoms with Crippen LogP contribution in [0.25, 0.3) is 11.3 Å². The van der Waals surface area contributed by atoms with Crippen LogP contribution in [0.1, 0.15) is 12.2 Å². The predicted molar refractivity (Wildman–Crippen MR) is 121 cm³/mol. The van der Waals surface area contributed by atoms with Crippen molar-refractivity contribution >= 4 is 15.9 Å². The average Bonchev–Trinajstić information content (AvgIpc) is 3.32. The second-order valence-corrected chi connectivity index (χ2v) is 9.53. The summed E-state index contributed by atoms with van der Waals surface area (Å²) in [5.41, 5.74) is 0.999. The Morgan fingerprint density at radius 3 is 2.28 bits per heavy atom. The molecule has 0 atom stereocenters. The lowest BCUT2D eigenvalue weighted by Gasteiger charge is -2.34. The van der Waals surface area contributed by atoms with E-state index >= 15 is 0 Å². The van der Waals surface area contributed by atoms with Crippen LogP contribution in [-0.2, 0) is 21.2 Å². The first kappa shape index (κ1) is 22.1. The van der Waals surface area contributed by atoms with Gasteiger partial charge in [-0.2, -0.15) is 4.31 Å². The Morgan fingerprint density at radius 2 is 1.62 bits per heavy atom. The molecule has 8 heteroatoms.